The summed E-state index contributed by atoms with van der Waals surface area (Å²) >= 11 is 12.3. The van der Waals surface area contributed by atoms with E-state index in [-0.39, 0.29) is 11.1 Å². The standard InChI is InChI=1S/C15H12Cl2F2/c1-8-3-4-10(12(16)5-8)15(17)11-7-13(18)9(2)6-14(11)19/h3-7,15H,1-2H3. The van der Waals surface area contributed by atoms with Crippen LogP contribution >= 0.6 is 23.2 Å². The quantitative estimate of drug-likeness (QED) is 0.637. The molecule has 0 bridgehead atoms. The smallest absolute Gasteiger partial charge is 0.128 e. The molecule has 19 heavy (non-hydrogen) atoms. The van der Waals surface area contributed by atoms with Gasteiger partial charge in [0.1, 0.15) is 11.6 Å². The zero-order valence-corrected chi connectivity index (χ0v) is 12.0. The lowest BCUT2D eigenvalue weighted by Gasteiger charge is -2.14. The van der Waals surface area contributed by atoms with Gasteiger partial charge in [-0.15, -0.1) is 11.6 Å². The molecule has 0 amide bonds. The van der Waals surface area contributed by atoms with Gasteiger partial charge in [-0.2, -0.15) is 0 Å². The van der Waals surface area contributed by atoms with E-state index in [2.05, 4.69) is 0 Å². The van der Waals surface area contributed by atoms with Crippen LogP contribution in [0.3, 0.4) is 0 Å². The Morgan fingerprint density at radius 2 is 1.63 bits per heavy atom. The number of halogens is 4. The average molecular weight is 301 g/mol. The highest BCUT2D eigenvalue weighted by Gasteiger charge is 2.19. The zero-order chi connectivity index (χ0) is 14.2. The zero-order valence-electron chi connectivity index (χ0n) is 10.5. The molecular formula is C15H12Cl2F2. The molecule has 2 aromatic rings. The van der Waals surface area contributed by atoms with Crippen LogP contribution in [-0.4, -0.2) is 0 Å². The first-order chi connectivity index (χ1) is 8.90. The summed E-state index contributed by atoms with van der Waals surface area (Å²) in [7, 11) is 0. The van der Waals surface area contributed by atoms with E-state index >= 15 is 0 Å². The predicted molar refractivity (Wildman–Crippen MR) is 75.0 cm³/mol. The molecule has 0 saturated carbocycles. The number of aryl methyl sites for hydroxylation is 2. The van der Waals surface area contributed by atoms with Gasteiger partial charge in [-0.1, -0.05) is 23.7 Å². The van der Waals surface area contributed by atoms with E-state index in [9.17, 15) is 8.78 Å². The van der Waals surface area contributed by atoms with Crippen LogP contribution in [0, 0.1) is 25.5 Å². The monoisotopic (exact) mass is 300 g/mol. The molecular weight excluding hydrogens is 289 g/mol. The number of alkyl halides is 1. The lowest BCUT2D eigenvalue weighted by atomic mass is 10.0. The maximum Gasteiger partial charge on any atom is 0.128 e. The van der Waals surface area contributed by atoms with Crippen LogP contribution in [0.15, 0.2) is 30.3 Å². The van der Waals surface area contributed by atoms with Crippen LogP contribution in [0.2, 0.25) is 5.02 Å². The SMILES string of the molecule is Cc1ccc(C(Cl)c2cc(F)c(C)cc2F)c(Cl)c1. The topological polar surface area (TPSA) is 0 Å². The van der Waals surface area contributed by atoms with Gasteiger partial charge in [-0.3, -0.25) is 0 Å². The lowest BCUT2D eigenvalue weighted by molar-refractivity contribution is 0.580. The fourth-order valence-corrected chi connectivity index (χ4v) is 2.62. The molecule has 0 aromatic heterocycles. The largest absolute Gasteiger partial charge is 0.207 e. The molecule has 0 aliphatic rings. The van der Waals surface area contributed by atoms with Crippen molar-refractivity contribution < 1.29 is 8.78 Å². The van der Waals surface area contributed by atoms with Crippen molar-refractivity contribution in [2.24, 2.45) is 0 Å². The van der Waals surface area contributed by atoms with Crippen molar-refractivity contribution in [2.75, 3.05) is 0 Å². The van der Waals surface area contributed by atoms with Gasteiger partial charge in [0, 0.05) is 10.6 Å². The molecule has 0 fully saturated rings. The summed E-state index contributed by atoms with van der Waals surface area (Å²) in [6, 6.07) is 7.57. The minimum Gasteiger partial charge on any atom is -0.207 e. The third-order valence-electron chi connectivity index (χ3n) is 2.98. The second-order valence-corrected chi connectivity index (χ2v) is 5.35. The van der Waals surface area contributed by atoms with E-state index in [1.54, 1.807) is 12.1 Å². The summed E-state index contributed by atoms with van der Waals surface area (Å²) in [5.74, 6) is -1.01. The summed E-state index contributed by atoms with van der Waals surface area (Å²) < 4.78 is 27.4. The van der Waals surface area contributed by atoms with Crippen LogP contribution in [-0.2, 0) is 0 Å². The van der Waals surface area contributed by atoms with Crippen LogP contribution in [0.25, 0.3) is 0 Å². The van der Waals surface area contributed by atoms with Crippen LogP contribution in [0.1, 0.15) is 27.6 Å². The third kappa shape index (κ3) is 2.90. The summed E-state index contributed by atoms with van der Waals surface area (Å²) in [4.78, 5) is 0. The summed E-state index contributed by atoms with van der Waals surface area (Å²) in [5, 5.41) is -0.372. The van der Waals surface area contributed by atoms with Gasteiger partial charge < -0.3 is 0 Å². The van der Waals surface area contributed by atoms with Gasteiger partial charge in [-0.25, -0.2) is 8.78 Å². The number of hydrogen-bond donors (Lipinski definition) is 0. The Hall–Kier alpha value is -1.12. The van der Waals surface area contributed by atoms with E-state index in [0.29, 0.717) is 10.6 Å². The van der Waals surface area contributed by atoms with Crippen LogP contribution < -0.4 is 0 Å². The normalized spacial score (nSPS) is 12.5. The first-order valence-corrected chi connectivity index (χ1v) is 6.57. The molecule has 0 heterocycles. The maximum absolute atomic E-state index is 13.9. The molecule has 0 aliphatic heterocycles. The van der Waals surface area contributed by atoms with Gasteiger partial charge in [0.2, 0.25) is 0 Å². The third-order valence-corrected chi connectivity index (χ3v) is 3.78. The van der Waals surface area contributed by atoms with Crippen molar-refractivity contribution in [2.45, 2.75) is 19.2 Å². The Kier molecular flexibility index (Phi) is 4.12. The van der Waals surface area contributed by atoms with E-state index in [1.807, 2.05) is 13.0 Å². The molecule has 2 aromatic carbocycles. The molecule has 1 unspecified atom stereocenters. The Morgan fingerprint density at radius 1 is 0.947 bits per heavy atom. The molecule has 100 valence electrons. The first-order valence-electron chi connectivity index (χ1n) is 5.76. The second-order valence-electron chi connectivity index (χ2n) is 4.51. The highest BCUT2D eigenvalue weighted by molar-refractivity contribution is 6.33. The summed E-state index contributed by atoms with van der Waals surface area (Å²) in [6.07, 6.45) is 0. The number of rotatable bonds is 2. The first kappa shape index (κ1) is 14.3. The summed E-state index contributed by atoms with van der Waals surface area (Å²) in [5.41, 5.74) is 1.89. The minimum atomic E-state index is -0.816. The Labute approximate surface area is 121 Å². The van der Waals surface area contributed by atoms with Crippen LogP contribution in [0.5, 0.6) is 0 Å². The fraction of sp³-hybridized carbons (Fsp3) is 0.200. The molecule has 0 radical (unpaired) electrons. The molecule has 1 atom stereocenters. The van der Waals surface area contributed by atoms with Gasteiger partial charge in [-0.05, 0) is 48.7 Å². The van der Waals surface area contributed by atoms with Gasteiger partial charge in [0.05, 0.1) is 5.38 Å². The Morgan fingerprint density at radius 3 is 2.26 bits per heavy atom. The molecule has 0 spiro atoms. The van der Waals surface area contributed by atoms with Gasteiger partial charge in [0.25, 0.3) is 0 Å². The fourth-order valence-electron chi connectivity index (χ4n) is 1.86. The van der Waals surface area contributed by atoms with Crippen molar-refractivity contribution in [1.82, 2.24) is 0 Å². The average Bonchev–Trinajstić information content (AvgIpc) is 2.33. The van der Waals surface area contributed by atoms with E-state index in [1.165, 1.54) is 6.92 Å². The summed E-state index contributed by atoms with van der Waals surface area (Å²) in [6.45, 7) is 3.40. The Bertz CT molecular complexity index is 624. The molecule has 0 aliphatic carbocycles. The second kappa shape index (κ2) is 5.48. The molecule has 2 rings (SSSR count). The molecule has 0 saturated heterocycles. The molecule has 4 heteroatoms. The lowest BCUT2D eigenvalue weighted by Crippen LogP contribution is -2.00. The highest BCUT2D eigenvalue weighted by atomic mass is 35.5. The van der Waals surface area contributed by atoms with Gasteiger partial charge in [0.15, 0.2) is 0 Å². The predicted octanol–water partition coefficient (Wildman–Crippen LogP) is 5.56. The van der Waals surface area contributed by atoms with Crippen molar-refractivity contribution >= 4 is 23.2 Å². The van der Waals surface area contributed by atoms with Crippen molar-refractivity contribution in [3.05, 3.63) is 69.2 Å². The maximum atomic E-state index is 13.9. The number of benzene rings is 2. The highest BCUT2D eigenvalue weighted by Crippen LogP contribution is 2.36. The molecule has 0 N–H and O–H groups in total. The van der Waals surface area contributed by atoms with Crippen molar-refractivity contribution in [3.63, 3.8) is 0 Å². The molecule has 0 nitrogen and oxygen atoms in total. The minimum absolute atomic E-state index is 0.0931. The van der Waals surface area contributed by atoms with Gasteiger partial charge >= 0.3 is 0 Å². The van der Waals surface area contributed by atoms with Crippen molar-refractivity contribution in [3.8, 4) is 0 Å². The van der Waals surface area contributed by atoms with Crippen LogP contribution in [0.4, 0.5) is 8.78 Å². The van der Waals surface area contributed by atoms with E-state index in [0.717, 1.165) is 17.7 Å². The number of hydrogen-bond acceptors (Lipinski definition) is 0. The van der Waals surface area contributed by atoms with E-state index < -0.39 is 17.0 Å². The van der Waals surface area contributed by atoms with Crippen molar-refractivity contribution in [1.29, 1.82) is 0 Å². The Balaban J connectivity index is 2.49. The van der Waals surface area contributed by atoms with E-state index in [4.69, 9.17) is 23.2 Å².